The number of nitrogens with zero attached hydrogens (tertiary/aromatic N) is 2. The van der Waals surface area contributed by atoms with E-state index in [2.05, 4.69) is 33.8 Å². The molecule has 1 N–H and O–H groups in total. The SMILES string of the molecule is CC(C)C1=CC(c2ccc(F)cc2)N(C=C[C@@H]2C[C@@H](O)CC(=O)O2)C(C(C)C)=N1. The third-order valence-corrected chi connectivity index (χ3v) is 5.11. The van der Waals surface area contributed by atoms with Gasteiger partial charge in [-0.2, -0.15) is 0 Å². The van der Waals surface area contributed by atoms with E-state index < -0.39 is 18.2 Å². The van der Waals surface area contributed by atoms with Crippen molar-refractivity contribution in [3.8, 4) is 0 Å². The molecule has 0 radical (unpaired) electrons. The van der Waals surface area contributed by atoms with Crippen molar-refractivity contribution >= 4 is 11.8 Å². The van der Waals surface area contributed by atoms with E-state index in [9.17, 15) is 14.3 Å². The van der Waals surface area contributed by atoms with Crippen molar-refractivity contribution in [2.75, 3.05) is 0 Å². The summed E-state index contributed by atoms with van der Waals surface area (Å²) in [6.45, 7) is 8.36. The zero-order chi connectivity index (χ0) is 21.1. The Hall–Kier alpha value is -2.47. The first kappa shape index (κ1) is 21.2. The molecule has 0 saturated carbocycles. The number of ether oxygens (including phenoxy) is 1. The molecule has 156 valence electrons. The lowest BCUT2D eigenvalue weighted by Crippen LogP contribution is -2.37. The van der Waals surface area contributed by atoms with Gasteiger partial charge in [-0.3, -0.25) is 4.79 Å². The first-order valence-electron chi connectivity index (χ1n) is 10.1. The molecule has 2 heterocycles. The van der Waals surface area contributed by atoms with Crippen LogP contribution in [0.4, 0.5) is 4.39 Å². The average molecular weight is 400 g/mol. The number of aliphatic hydroxyl groups is 1. The van der Waals surface area contributed by atoms with Crippen LogP contribution in [0.1, 0.15) is 52.1 Å². The van der Waals surface area contributed by atoms with Gasteiger partial charge in [0.1, 0.15) is 17.8 Å². The van der Waals surface area contributed by atoms with Gasteiger partial charge in [0.15, 0.2) is 0 Å². The maximum atomic E-state index is 13.5. The molecule has 6 heteroatoms. The van der Waals surface area contributed by atoms with E-state index in [1.165, 1.54) is 12.1 Å². The standard InChI is InChI=1S/C23H29FN2O3/c1-14(2)20-13-21(16-5-7-17(24)8-6-16)26(23(25-20)15(3)4)10-9-19-11-18(27)12-22(28)29-19/h5-10,13-15,18-19,21,27H,11-12H2,1-4H3/t18-,19-,21?/m1/s1. The molecule has 2 aliphatic rings. The molecule has 0 bridgehead atoms. The number of halogens is 1. The summed E-state index contributed by atoms with van der Waals surface area (Å²) in [6.07, 6.45) is 4.99. The van der Waals surface area contributed by atoms with Gasteiger partial charge in [-0.05, 0) is 35.8 Å². The molecule has 1 saturated heterocycles. The number of cyclic esters (lactones) is 1. The Morgan fingerprint density at radius 1 is 1.21 bits per heavy atom. The molecular weight excluding hydrogens is 371 g/mol. The number of esters is 1. The van der Waals surface area contributed by atoms with Gasteiger partial charge in [-0.25, -0.2) is 9.38 Å². The Labute approximate surface area is 171 Å². The average Bonchev–Trinajstić information content (AvgIpc) is 2.65. The Bertz CT molecular complexity index is 827. The van der Waals surface area contributed by atoms with Crippen LogP contribution in [-0.2, 0) is 9.53 Å². The molecule has 29 heavy (non-hydrogen) atoms. The number of aliphatic imine (C=N–C) groups is 1. The van der Waals surface area contributed by atoms with Crippen LogP contribution in [0, 0.1) is 17.7 Å². The predicted molar refractivity (Wildman–Crippen MR) is 110 cm³/mol. The molecule has 1 aromatic rings. The lowest BCUT2D eigenvalue weighted by Gasteiger charge is -2.36. The van der Waals surface area contributed by atoms with Gasteiger partial charge in [-0.15, -0.1) is 0 Å². The maximum Gasteiger partial charge on any atom is 0.309 e. The summed E-state index contributed by atoms with van der Waals surface area (Å²) in [6, 6.07) is 6.33. The predicted octanol–water partition coefficient (Wildman–Crippen LogP) is 4.36. The fourth-order valence-electron chi connectivity index (χ4n) is 3.56. The minimum Gasteiger partial charge on any atom is -0.458 e. The quantitative estimate of drug-likeness (QED) is 0.746. The second-order valence-corrected chi connectivity index (χ2v) is 8.24. The summed E-state index contributed by atoms with van der Waals surface area (Å²) in [7, 11) is 0. The van der Waals surface area contributed by atoms with Crippen LogP contribution >= 0.6 is 0 Å². The Balaban J connectivity index is 1.97. The van der Waals surface area contributed by atoms with E-state index >= 15 is 0 Å². The van der Waals surface area contributed by atoms with Crippen molar-refractivity contribution in [3.63, 3.8) is 0 Å². The van der Waals surface area contributed by atoms with E-state index in [1.807, 2.05) is 11.1 Å². The lowest BCUT2D eigenvalue weighted by molar-refractivity contribution is -0.156. The first-order chi connectivity index (χ1) is 13.7. The fraction of sp³-hybridized carbons (Fsp3) is 0.478. The molecule has 3 rings (SSSR count). The first-order valence-corrected chi connectivity index (χ1v) is 10.1. The van der Waals surface area contributed by atoms with Crippen LogP contribution in [0.5, 0.6) is 0 Å². The van der Waals surface area contributed by atoms with Crippen molar-refractivity contribution in [2.45, 2.75) is 58.8 Å². The topological polar surface area (TPSA) is 62.1 Å². The van der Waals surface area contributed by atoms with Crippen LogP contribution in [0.15, 0.2) is 53.3 Å². The number of benzene rings is 1. The minimum absolute atomic E-state index is 0.0332. The van der Waals surface area contributed by atoms with Gasteiger partial charge in [0.05, 0.1) is 18.6 Å². The van der Waals surface area contributed by atoms with Crippen LogP contribution in [0.3, 0.4) is 0 Å². The van der Waals surface area contributed by atoms with Gasteiger partial charge >= 0.3 is 5.97 Å². The van der Waals surface area contributed by atoms with Gasteiger partial charge < -0.3 is 14.7 Å². The maximum absolute atomic E-state index is 13.5. The number of carbonyl (C=O) groups excluding carboxylic acids is 1. The number of allylic oxidation sites excluding steroid dienone is 1. The minimum atomic E-state index is -0.689. The van der Waals surface area contributed by atoms with Crippen LogP contribution in [0.25, 0.3) is 0 Å². The molecule has 1 aromatic carbocycles. The van der Waals surface area contributed by atoms with Gasteiger partial charge in [0.25, 0.3) is 0 Å². The second-order valence-electron chi connectivity index (χ2n) is 8.24. The third kappa shape index (κ3) is 5.12. The third-order valence-electron chi connectivity index (χ3n) is 5.11. The summed E-state index contributed by atoms with van der Waals surface area (Å²) in [5.41, 5.74) is 1.94. The molecule has 0 aromatic heterocycles. The van der Waals surface area contributed by atoms with Crippen molar-refractivity contribution < 1.29 is 19.0 Å². The Morgan fingerprint density at radius 3 is 2.48 bits per heavy atom. The van der Waals surface area contributed by atoms with Gasteiger partial charge in [-0.1, -0.05) is 39.8 Å². The normalized spacial score (nSPS) is 25.4. The summed E-state index contributed by atoms with van der Waals surface area (Å²) in [4.78, 5) is 18.6. The summed E-state index contributed by atoms with van der Waals surface area (Å²) in [5.74, 6) is 0.633. The number of amidine groups is 1. The van der Waals surface area contributed by atoms with Gasteiger partial charge in [0.2, 0.25) is 0 Å². The van der Waals surface area contributed by atoms with Crippen molar-refractivity contribution in [3.05, 3.63) is 59.7 Å². The Kier molecular flexibility index (Phi) is 6.52. The van der Waals surface area contributed by atoms with E-state index in [1.54, 1.807) is 18.2 Å². The highest BCUT2D eigenvalue weighted by molar-refractivity contribution is 5.87. The van der Waals surface area contributed by atoms with Crippen LogP contribution in [0.2, 0.25) is 0 Å². The molecular formula is C23H29FN2O3. The molecule has 3 atom stereocenters. The molecule has 5 nitrogen and oxygen atoms in total. The highest BCUT2D eigenvalue weighted by Crippen LogP contribution is 2.33. The second kappa shape index (κ2) is 8.91. The van der Waals surface area contributed by atoms with E-state index in [0.29, 0.717) is 6.42 Å². The number of rotatable bonds is 5. The van der Waals surface area contributed by atoms with E-state index in [0.717, 1.165) is 17.1 Å². The molecule has 0 amide bonds. The number of hydrogen-bond donors (Lipinski definition) is 1. The molecule has 1 fully saturated rings. The van der Waals surface area contributed by atoms with Crippen molar-refractivity contribution in [2.24, 2.45) is 16.8 Å². The highest BCUT2D eigenvalue weighted by atomic mass is 19.1. The fourth-order valence-corrected chi connectivity index (χ4v) is 3.56. The molecule has 1 unspecified atom stereocenters. The van der Waals surface area contributed by atoms with Crippen molar-refractivity contribution in [1.29, 1.82) is 0 Å². The summed E-state index contributed by atoms with van der Waals surface area (Å²) in [5, 5.41) is 9.86. The summed E-state index contributed by atoms with van der Waals surface area (Å²) < 4.78 is 18.8. The molecule has 2 aliphatic heterocycles. The lowest BCUT2D eigenvalue weighted by atomic mass is 9.96. The Morgan fingerprint density at radius 2 is 1.90 bits per heavy atom. The zero-order valence-corrected chi connectivity index (χ0v) is 17.4. The molecule has 0 aliphatic carbocycles. The van der Waals surface area contributed by atoms with Crippen molar-refractivity contribution in [1.82, 2.24) is 4.90 Å². The largest absolute Gasteiger partial charge is 0.458 e. The number of hydrogen-bond acceptors (Lipinski definition) is 5. The number of carbonyl (C=O) groups is 1. The van der Waals surface area contributed by atoms with Gasteiger partial charge in [0, 0.05) is 24.2 Å². The number of aliphatic hydroxyl groups excluding tert-OH is 1. The van der Waals surface area contributed by atoms with E-state index in [-0.39, 0.29) is 30.1 Å². The molecule has 0 spiro atoms. The summed E-state index contributed by atoms with van der Waals surface area (Å²) >= 11 is 0. The van der Waals surface area contributed by atoms with Crippen LogP contribution in [-0.4, -0.2) is 34.0 Å². The monoisotopic (exact) mass is 400 g/mol. The van der Waals surface area contributed by atoms with E-state index in [4.69, 9.17) is 9.73 Å². The zero-order valence-electron chi connectivity index (χ0n) is 17.4. The smallest absolute Gasteiger partial charge is 0.309 e. The highest BCUT2D eigenvalue weighted by Gasteiger charge is 2.29. The van der Waals surface area contributed by atoms with Crippen LogP contribution < -0.4 is 0 Å².